The van der Waals surface area contributed by atoms with Crippen molar-refractivity contribution in [1.29, 1.82) is 0 Å². The average molecular weight is 194 g/mol. The van der Waals surface area contributed by atoms with Crippen molar-refractivity contribution in [2.75, 3.05) is 0 Å². The van der Waals surface area contributed by atoms with Gasteiger partial charge in [-0.2, -0.15) is 0 Å². The van der Waals surface area contributed by atoms with Crippen LogP contribution >= 0.6 is 0 Å². The third-order valence-electron chi connectivity index (χ3n) is 5.47. The fourth-order valence-electron chi connectivity index (χ4n) is 3.89. The molecule has 0 aliphatic heterocycles. The Balaban J connectivity index is 2.08. The Hall–Kier alpha value is 0. The summed E-state index contributed by atoms with van der Waals surface area (Å²) >= 11 is 0. The molecule has 0 aromatic carbocycles. The lowest BCUT2D eigenvalue weighted by Gasteiger charge is -2.42. The average Bonchev–Trinajstić information content (AvgIpc) is 2.73. The molecule has 0 heterocycles. The van der Waals surface area contributed by atoms with E-state index in [-0.39, 0.29) is 0 Å². The second kappa shape index (κ2) is 3.00. The highest BCUT2D eigenvalue weighted by Gasteiger charge is 2.56. The molecule has 0 bridgehead atoms. The molecule has 4 atom stereocenters. The van der Waals surface area contributed by atoms with Crippen molar-refractivity contribution in [2.24, 2.45) is 28.6 Å². The maximum absolute atomic E-state index is 2.50. The van der Waals surface area contributed by atoms with Gasteiger partial charge in [0, 0.05) is 0 Å². The predicted molar refractivity (Wildman–Crippen MR) is 62.2 cm³/mol. The highest BCUT2D eigenvalue weighted by molar-refractivity contribution is 5.06. The molecule has 2 aliphatic carbocycles. The van der Waals surface area contributed by atoms with Gasteiger partial charge in [0.2, 0.25) is 0 Å². The van der Waals surface area contributed by atoms with E-state index in [1.807, 2.05) is 0 Å². The predicted octanol–water partition coefficient (Wildman–Crippen LogP) is 4.49. The summed E-state index contributed by atoms with van der Waals surface area (Å²) in [4.78, 5) is 0. The van der Waals surface area contributed by atoms with Crippen molar-refractivity contribution in [3.05, 3.63) is 0 Å². The number of rotatable bonds is 2. The summed E-state index contributed by atoms with van der Waals surface area (Å²) in [5.41, 5.74) is 1.34. The molecule has 0 aromatic rings. The standard InChI is InChI=1S/C14H26/c1-6-13(3,4)12-7-11-9-14(11,5)8-10(12)2/h10-12H,6-9H2,1-5H3. The lowest BCUT2D eigenvalue weighted by Crippen LogP contribution is -2.34. The Morgan fingerprint density at radius 3 is 2.50 bits per heavy atom. The van der Waals surface area contributed by atoms with Crippen LogP contribution in [-0.4, -0.2) is 0 Å². The monoisotopic (exact) mass is 194 g/mol. The number of hydrogen-bond donors (Lipinski definition) is 0. The molecular weight excluding hydrogens is 168 g/mol. The van der Waals surface area contributed by atoms with Gasteiger partial charge in [0.15, 0.2) is 0 Å². The Morgan fingerprint density at radius 2 is 1.93 bits per heavy atom. The first-order valence-corrected chi connectivity index (χ1v) is 6.39. The molecule has 2 rings (SSSR count). The first-order valence-electron chi connectivity index (χ1n) is 6.39. The van der Waals surface area contributed by atoms with Crippen molar-refractivity contribution in [2.45, 2.75) is 60.3 Å². The second-order valence-corrected chi connectivity index (χ2v) is 6.92. The zero-order chi connectivity index (χ0) is 10.6. The molecule has 2 fully saturated rings. The highest BCUT2D eigenvalue weighted by atomic mass is 14.6. The maximum atomic E-state index is 2.50. The van der Waals surface area contributed by atoms with Gasteiger partial charge in [0.05, 0.1) is 0 Å². The van der Waals surface area contributed by atoms with Crippen LogP contribution in [-0.2, 0) is 0 Å². The fraction of sp³-hybridized carbons (Fsp3) is 1.00. The van der Waals surface area contributed by atoms with E-state index in [2.05, 4.69) is 34.6 Å². The van der Waals surface area contributed by atoms with Crippen LogP contribution in [0.5, 0.6) is 0 Å². The highest BCUT2D eigenvalue weighted by Crippen LogP contribution is 2.65. The molecule has 0 saturated heterocycles. The van der Waals surface area contributed by atoms with Crippen LogP contribution in [0.4, 0.5) is 0 Å². The minimum atomic E-state index is 0.573. The van der Waals surface area contributed by atoms with Crippen molar-refractivity contribution in [3.8, 4) is 0 Å². The van der Waals surface area contributed by atoms with Gasteiger partial charge < -0.3 is 0 Å². The van der Waals surface area contributed by atoms with Crippen LogP contribution in [0.1, 0.15) is 60.3 Å². The van der Waals surface area contributed by atoms with Crippen LogP contribution < -0.4 is 0 Å². The number of hydrogen-bond acceptors (Lipinski definition) is 0. The third-order valence-corrected chi connectivity index (χ3v) is 5.47. The molecule has 0 aromatic heterocycles. The second-order valence-electron chi connectivity index (χ2n) is 6.92. The van der Waals surface area contributed by atoms with Crippen molar-refractivity contribution in [1.82, 2.24) is 0 Å². The Kier molecular flexibility index (Phi) is 2.25. The first-order chi connectivity index (χ1) is 6.39. The summed E-state index contributed by atoms with van der Waals surface area (Å²) < 4.78 is 0. The Bertz CT molecular complexity index is 228. The summed E-state index contributed by atoms with van der Waals surface area (Å²) in [6.45, 7) is 12.3. The van der Waals surface area contributed by atoms with E-state index in [9.17, 15) is 0 Å². The molecule has 0 heteroatoms. The summed E-state index contributed by atoms with van der Waals surface area (Å²) in [6.07, 6.45) is 5.86. The third kappa shape index (κ3) is 1.51. The first kappa shape index (κ1) is 10.5. The van der Waals surface area contributed by atoms with Gasteiger partial charge in [-0.15, -0.1) is 0 Å². The molecule has 0 nitrogen and oxygen atoms in total. The molecule has 4 unspecified atom stereocenters. The van der Waals surface area contributed by atoms with E-state index in [4.69, 9.17) is 0 Å². The fourth-order valence-corrected chi connectivity index (χ4v) is 3.89. The molecule has 14 heavy (non-hydrogen) atoms. The van der Waals surface area contributed by atoms with E-state index in [1.165, 1.54) is 25.7 Å². The van der Waals surface area contributed by atoms with Crippen LogP contribution in [0.2, 0.25) is 0 Å². The van der Waals surface area contributed by atoms with Gasteiger partial charge in [0.1, 0.15) is 0 Å². The molecule has 0 N–H and O–H groups in total. The van der Waals surface area contributed by atoms with E-state index < -0.39 is 0 Å². The van der Waals surface area contributed by atoms with Gasteiger partial charge in [-0.25, -0.2) is 0 Å². The normalized spacial score (nSPS) is 47.4. The van der Waals surface area contributed by atoms with Crippen molar-refractivity contribution in [3.63, 3.8) is 0 Å². The molecular formula is C14H26. The van der Waals surface area contributed by atoms with Gasteiger partial charge in [-0.1, -0.05) is 41.0 Å². The molecule has 82 valence electrons. The van der Waals surface area contributed by atoms with Crippen molar-refractivity contribution >= 4 is 0 Å². The Morgan fingerprint density at radius 1 is 1.29 bits per heavy atom. The lowest BCUT2D eigenvalue weighted by atomic mass is 9.63. The minimum absolute atomic E-state index is 0.573. The SMILES string of the molecule is CCC(C)(C)C1CC2CC2(C)CC1C. The van der Waals surface area contributed by atoms with Crippen molar-refractivity contribution < 1.29 is 0 Å². The summed E-state index contributed by atoms with van der Waals surface area (Å²) in [5.74, 6) is 3.01. The van der Waals surface area contributed by atoms with Crippen LogP contribution in [0.25, 0.3) is 0 Å². The lowest BCUT2D eigenvalue weighted by molar-refractivity contribution is 0.0742. The molecule has 0 amide bonds. The zero-order valence-corrected chi connectivity index (χ0v) is 10.6. The van der Waals surface area contributed by atoms with Gasteiger partial charge in [0.25, 0.3) is 0 Å². The largest absolute Gasteiger partial charge is 0.0649 e. The molecule has 2 saturated carbocycles. The summed E-state index contributed by atoms with van der Waals surface area (Å²) in [5, 5.41) is 0. The van der Waals surface area contributed by atoms with Crippen LogP contribution in [0.3, 0.4) is 0 Å². The van der Waals surface area contributed by atoms with E-state index in [1.54, 1.807) is 0 Å². The van der Waals surface area contributed by atoms with Crippen LogP contribution in [0.15, 0.2) is 0 Å². The number of fused-ring (bicyclic) bond motifs is 1. The molecule has 0 spiro atoms. The van der Waals surface area contributed by atoms with Gasteiger partial charge in [-0.05, 0) is 47.8 Å². The topological polar surface area (TPSA) is 0 Å². The molecule has 2 aliphatic rings. The Labute approximate surface area is 89.5 Å². The van der Waals surface area contributed by atoms with E-state index in [0.29, 0.717) is 5.41 Å². The van der Waals surface area contributed by atoms with Crippen LogP contribution in [0, 0.1) is 28.6 Å². The quantitative estimate of drug-likeness (QED) is 0.607. The molecule has 0 radical (unpaired) electrons. The summed E-state index contributed by atoms with van der Waals surface area (Å²) in [6, 6.07) is 0. The maximum Gasteiger partial charge on any atom is -0.0292 e. The van der Waals surface area contributed by atoms with E-state index in [0.717, 1.165) is 23.2 Å². The van der Waals surface area contributed by atoms with Gasteiger partial charge >= 0.3 is 0 Å². The smallest absolute Gasteiger partial charge is 0.0292 e. The van der Waals surface area contributed by atoms with Gasteiger partial charge in [-0.3, -0.25) is 0 Å². The van der Waals surface area contributed by atoms with E-state index >= 15 is 0 Å². The minimum Gasteiger partial charge on any atom is -0.0649 e. The zero-order valence-electron chi connectivity index (χ0n) is 10.6. The summed E-state index contributed by atoms with van der Waals surface area (Å²) in [7, 11) is 0.